The van der Waals surface area contributed by atoms with E-state index in [-0.39, 0.29) is 21.7 Å². The summed E-state index contributed by atoms with van der Waals surface area (Å²) in [4.78, 5) is 25.8. The monoisotopic (exact) mass is 476 g/mol. The number of carbonyl (C=O) groups excluding carboxylic acids is 1. The molecule has 8 heteroatoms. The fourth-order valence-electron chi connectivity index (χ4n) is 3.74. The van der Waals surface area contributed by atoms with Crippen LogP contribution in [0.5, 0.6) is 5.75 Å². The van der Waals surface area contributed by atoms with Gasteiger partial charge in [-0.15, -0.1) is 0 Å². The van der Waals surface area contributed by atoms with Gasteiger partial charge in [0, 0.05) is 11.6 Å². The SMILES string of the molecule is COc1ccccc1NC(=O)Cn1cc(S(=O)(=O)c2ccc(C)cc2)c(=O)c2cc(C)ccc21. The number of pyridine rings is 1. The summed E-state index contributed by atoms with van der Waals surface area (Å²) in [5, 5.41) is 3.02. The van der Waals surface area contributed by atoms with E-state index in [4.69, 9.17) is 4.74 Å². The number of nitrogens with one attached hydrogen (secondary N) is 1. The lowest BCUT2D eigenvalue weighted by Gasteiger charge is -2.15. The first-order valence-corrected chi connectivity index (χ1v) is 12.1. The Morgan fingerprint density at radius 3 is 2.35 bits per heavy atom. The second-order valence-corrected chi connectivity index (χ2v) is 9.95. The van der Waals surface area contributed by atoms with Gasteiger partial charge in [-0.1, -0.05) is 41.5 Å². The molecular formula is C26H24N2O5S. The third-order valence-electron chi connectivity index (χ3n) is 5.52. The normalized spacial score (nSPS) is 11.4. The van der Waals surface area contributed by atoms with Crippen molar-refractivity contribution in [1.29, 1.82) is 0 Å². The Kier molecular flexibility index (Phi) is 6.26. The topological polar surface area (TPSA) is 94.5 Å². The summed E-state index contributed by atoms with van der Waals surface area (Å²) in [6.45, 7) is 3.47. The molecule has 1 amide bonds. The number of hydrogen-bond acceptors (Lipinski definition) is 5. The van der Waals surface area contributed by atoms with Crippen LogP contribution in [-0.2, 0) is 21.2 Å². The van der Waals surface area contributed by atoms with Gasteiger partial charge in [-0.25, -0.2) is 8.42 Å². The molecule has 0 aliphatic heterocycles. The van der Waals surface area contributed by atoms with Gasteiger partial charge in [0.1, 0.15) is 17.2 Å². The number of nitrogens with zero attached hydrogens (tertiary/aromatic N) is 1. The fraction of sp³-hybridized carbons (Fsp3) is 0.154. The lowest BCUT2D eigenvalue weighted by Crippen LogP contribution is -2.24. The first-order chi connectivity index (χ1) is 16.2. The molecule has 4 aromatic rings. The van der Waals surface area contributed by atoms with Crippen molar-refractivity contribution in [2.45, 2.75) is 30.2 Å². The van der Waals surface area contributed by atoms with E-state index in [2.05, 4.69) is 5.32 Å². The van der Waals surface area contributed by atoms with E-state index < -0.39 is 21.2 Å². The van der Waals surface area contributed by atoms with Crippen molar-refractivity contribution in [3.63, 3.8) is 0 Å². The van der Waals surface area contributed by atoms with Gasteiger partial charge >= 0.3 is 0 Å². The predicted molar refractivity (Wildman–Crippen MR) is 131 cm³/mol. The Morgan fingerprint density at radius 1 is 0.971 bits per heavy atom. The van der Waals surface area contributed by atoms with E-state index in [1.807, 2.05) is 19.9 Å². The number of fused-ring (bicyclic) bond motifs is 1. The third kappa shape index (κ3) is 4.45. The molecule has 0 radical (unpaired) electrons. The number of anilines is 1. The van der Waals surface area contributed by atoms with E-state index in [1.54, 1.807) is 48.5 Å². The predicted octanol–water partition coefficient (Wildman–Crippen LogP) is 4.10. The van der Waals surface area contributed by atoms with Crippen LogP contribution in [0.4, 0.5) is 5.69 Å². The summed E-state index contributed by atoms with van der Waals surface area (Å²) in [5.74, 6) is 0.104. The molecule has 1 aromatic heterocycles. The van der Waals surface area contributed by atoms with Crippen LogP contribution in [0, 0.1) is 13.8 Å². The minimum Gasteiger partial charge on any atom is -0.495 e. The highest BCUT2D eigenvalue weighted by atomic mass is 32.2. The minimum atomic E-state index is -4.10. The highest BCUT2D eigenvalue weighted by Crippen LogP contribution is 2.24. The second kappa shape index (κ2) is 9.15. The molecule has 0 spiro atoms. The van der Waals surface area contributed by atoms with Gasteiger partial charge in [0.25, 0.3) is 0 Å². The molecule has 174 valence electrons. The number of ether oxygens (including phenoxy) is 1. The molecule has 1 heterocycles. The molecule has 3 aromatic carbocycles. The summed E-state index contributed by atoms with van der Waals surface area (Å²) in [6.07, 6.45) is 1.25. The summed E-state index contributed by atoms with van der Waals surface area (Å²) in [7, 11) is -2.60. The van der Waals surface area contributed by atoms with Crippen molar-refractivity contribution in [3.05, 3.63) is 94.3 Å². The van der Waals surface area contributed by atoms with E-state index >= 15 is 0 Å². The maximum atomic E-state index is 13.4. The van der Waals surface area contributed by atoms with Gasteiger partial charge < -0.3 is 14.6 Å². The van der Waals surface area contributed by atoms with Crippen molar-refractivity contribution in [2.24, 2.45) is 0 Å². The molecule has 0 atom stereocenters. The lowest BCUT2D eigenvalue weighted by molar-refractivity contribution is -0.116. The average molecular weight is 477 g/mol. The number of aromatic nitrogens is 1. The van der Waals surface area contributed by atoms with Crippen molar-refractivity contribution in [3.8, 4) is 5.75 Å². The first-order valence-electron chi connectivity index (χ1n) is 10.6. The molecular weight excluding hydrogens is 452 g/mol. The molecule has 0 saturated carbocycles. The fourth-order valence-corrected chi connectivity index (χ4v) is 5.11. The number of aryl methyl sites for hydroxylation is 2. The van der Waals surface area contributed by atoms with Crippen LogP contribution in [0.3, 0.4) is 0 Å². The summed E-state index contributed by atoms with van der Waals surface area (Å²) < 4.78 is 33.5. The summed E-state index contributed by atoms with van der Waals surface area (Å²) in [6, 6.07) is 18.4. The number of para-hydroxylation sites is 2. The number of hydrogen-bond donors (Lipinski definition) is 1. The van der Waals surface area contributed by atoms with Crippen LogP contribution in [0.2, 0.25) is 0 Å². The van der Waals surface area contributed by atoms with E-state index in [1.165, 1.54) is 30.0 Å². The number of methoxy groups -OCH3 is 1. The third-order valence-corrected chi connectivity index (χ3v) is 7.28. The van der Waals surface area contributed by atoms with Crippen LogP contribution in [-0.4, -0.2) is 26.0 Å². The quantitative estimate of drug-likeness (QED) is 0.452. The van der Waals surface area contributed by atoms with Crippen LogP contribution >= 0.6 is 0 Å². The lowest BCUT2D eigenvalue weighted by atomic mass is 10.1. The smallest absolute Gasteiger partial charge is 0.244 e. The van der Waals surface area contributed by atoms with E-state index in [0.29, 0.717) is 17.0 Å². The van der Waals surface area contributed by atoms with Gasteiger partial charge in [-0.05, 0) is 50.2 Å². The number of carbonyl (C=O) groups is 1. The number of benzene rings is 3. The number of amides is 1. The van der Waals surface area contributed by atoms with Crippen LogP contribution in [0.15, 0.2) is 87.5 Å². The van der Waals surface area contributed by atoms with Gasteiger partial charge in [-0.3, -0.25) is 9.59 Å². The molecule has 0 fully saturated rings. The highest BCUT2D eigenvalue weighted by Gasteiger charge is 2.24. The van der Waals surface area contributed by atoms with Crippen molar-refractivity contribution < 1.29 is 17.9 Å². The zero-order valence-corrected chi connectivity index (χ0v) is 19.8. The van der Waals surface area contributed by atoms with Gasteiger partial charge in [0.15, 0.2) is 0 Å². The van der Waals surface area contributed by atoms with Gasteiger partial charge in [0.05, 0.1) is 23.2 Å². The minimum absolute atomic E-state index is 0.0206. The van der Waals surface area contributed by atoms with Crippen molar-refractivity contribution in [1.82, 2.24) is 4.57 Å². The number of rotatable bonds is 6. The maximum Gasteiger partial charge on any atom is 0.244 e. The molecule has 4 rings (SSSR count). The molecule has 7 nitrogen and oxygen atoms in total. The van der Waals surface area contributed by atoms with Gasteiger partial charge in [0.2, 0.25) is 21.2 Å². The summed E-state index contributed by atoms with van der Waals surface area (Å²) in [5.41, 5.74) is 2.07. The molecule has 0 aliphatic rings. The molecule has 0 saturated heterocycles. The zero-order valence-electron chi connectivity index (χ0n) is 19.0. The Morgan fingerprint density at radius 2 is 1.65 bits per heavy atom. The van der Waals surface area contributed by atoms with Crippen LogP contribution < -0.4 is 15.5 Å². The van der Waals surface area contributed by atoms with Crippen LogP contribution in [0.1, 0.15) is 11.1 Å². The number of sulfone groups is 1. The van der Waals surface area contributed by atoms with E-state index in [0.717, 1.165) is 11.1 Å². The highest BCUT2D eigenvalue weighted by molar-refractivity contribution is 7.91. The summed E-state index contributed by atoms with van der Waals surface area (Å²) >= 11 is 0. The molecule has 0 aliphatic carbocycles. The second-order valence-electron chi connectivity index (χ2n) is 8.04. The zero-order chi connectivity index (χ0) is 24.5. The molecule has 1 N–H and O–H groups in total. The van der Waals surface area contributed by atoms with Gasteiger partial charge in [-0.2, -0.15) is 0 Å². The standard InChI is InChI=1S/C26H24N2O5S/c1-17-8-11-19(12-9-17)34(31,32)24-15-28(22-13-10-18(2)14-20(22)26(24)30)16-25(29)27-21-6-4-5-7-23(21)33-3/h4-15H,16H2,1-3H3,(H,27,29). The van der Waals surface area contributed by atoms with Crippen molar-refractivity contribution in [2.75, 3.05) is 12.4 Å². The average Bonchev–Trinajstić information content (AvgIpc) is 2.81. The Balaban J connectivity index is 1.82. The van der Waals surface area contributed by atoms with E-state index in [9.17, 15) is 18.0 Å². The molecule has 0 bridgehead atoms. The Hall–Kier alpha value is -3.91. The van der Waals surface area contributed by atoms with Crippen LogP contribution in [0.25, 0.3) is 10.9 Å². The molecule has 0 unspecified atom stereocenters. The molecule has 34 heavy (non-hydrogen) atoms. The largest absolute Gasteiger partial charge is 0.495 e. The maximum absolute atomic E-state index is 13.4. The Labute approximate surface area is 197 Å². The van der Waals surface area contributed by atoms with Crippen molar-refractivity contribution >= 4 is 32.3 Å². The first kappa shape index (κ1) is 23.3. The Bertz CT molecular complexity index is 1550.